The Morgan fingerprint density at radius 3 is 2.50 bits per heavy atom. The zero-order valence-corrected chi connectivity index (χ0v) is 10.5. The second-order valence-corrected chi connectivity index (χ2v) is 4.34. The van der Waals surface area contributed by atoms with Gasteiger partial charge in [0.2, 0.25) is 0 Å². The molecular formula is C14H24N2. The maximum atomic E-state index is 6.13. The van der Waals surface area contributed by atoms with E-state index in [9.17, 15) is 0 Å². The third-order valence-electron chi connectivity index (χ3n) is 2.89. The fraction of sp³-hybridized carbons (Fsp3) is 0.571. The Bertz CT molecular complexity index is 279. The summed E-state index contributed by atoms with van der Waals surface area (Å²) in [5.74, 6) is 0. The molecule has 0 spiro atoms. The van der Waals surface area contributed by atoms with E-state index in [1.54, 1.807) is 0 Å². The van der Waals surface area contributed by atoms with E-state index in [2.05, 4.69) is 36.5 Å². The lowest BCUT2D eigenvalue weighted by atomic mass is 10.0. The molecule has 0 aliphatic heterocycles. The highest BCUT2D eigenvalue weighted by atomic mass is 14.8. The Morgan fingerprint density at radius 2 is 1.94 bits per heavy atom. The number of benzene rings is 1. The number of aryl methyl sites for hydroxylation is 1. The summed E-state index contributed by atoms with van der Waals surface area (Å²) in [5.41, 5.74) is 8.80. The van der Waals surface area contributed by atoms with Crippen molar-refractivity contribution < 1.29 is 0 Å². The van der Waals surface area contributed by atoms with Gasteiger partial charge in [-0.3, -0.25) is 0 Å². The molecule has 0 amide bonds. The van der Waals surface area contributed by atoms with Gasteiger partial charge >= 0.3 is 0 Å². The highest BCUT2D eigenvalue weighted by Gasteiger charge is 2.04. The molecule has 0 aromatic heterocycles. The molecule has 0 saturated carbocycles. The highest BCUT2D eigenvalue weighted by molar-refractivity contribution is 5.24. The van der Waals surface area contributed by atoms with E-state index >= 15 is 0 Å². The normalized spacial score (nSPS) is 12.7. The smallest absolute Gasteiger partial charge is 0.0295 e. The number of nitrogens with one attached hydrogen (secondary N) is 1. The first-order valence-corrected chi connectivity index (χ1v) is 6.27. The van der Waals surface area contributed by atoms with E-state index in [0.29, 0.717) is 0 Å². The van der Waals surface area contributed by atoms with Crippen LogP contribution in [0.2, 0.25) is 0 Å². The van der Waals surface area contributed by atoms with Crippen LogP contribution in [0, 0.1) is 0 Å². The van der Waals surface area contributed by atoms with Crippen molar-refractivity contribution in [3.8, 4) is 0 Å². The molecule has 1 aromatic rings. The van der Waals surface area contributed by atoms with Crippen molar-refractivity contribution in [2.24, 2.45) is 5.73 Å². The lowest BCUT2D eigenvalue weighted by Gasteiger charge is -2.12. The molecule has 0 bridgehead atoms. The second-order valence-electron chi connectivity index (χ2n) is 4.34. The molecule has 0 saturated heterocycles. The van der Waals surface area contributed by atoms with Crippen molar-refractivity contribution in [1.82, 2.24) is 5.32 Å². The van der Waals surface area contributed by atoms with Crippen LogP contribution in [0.5, 0.6) is 0 Å². The van der Waals surface area contributed by atoms with Crippen LogP contribution in [0.25, 0.3) is 0 Å². The maximum absolute atomic E-state index is 6.13. The van der Waals surface area contributed by atoms with E-state index in [4.69, 9.17) is 5.73 Å². The van der Waals surface area contributed by atoms with Crippen LogP contribution in [-0.2, 0) is 6.42 Å². The second kappa shape index (κ2) is 7.42. The standard InChI is InChI=1S/C14H24N2/c1-3-5-12-7-9-13(10-8-12)14(15)6-4-11-16-2/h7-10,14,16H,3-6,11,15H2,1-2H3. The quantitative estimate of drug-likeness (QED) is 0.693. The van der Waals surface area contributed by atoms with Crippen molar-refractivity contribution in [2.75, 3.05) is 13.6 Å². The number of rotatable bonds is 7. The molecule has 16 heavy (non-hydrogen) atoms. The first kappa shape index (κ1) is 13.2. The van der Waals surface area contributed by atoms with Crippen LogP contribution in [0.3, 0.4) is 0 Å². The predicted octanol–water partition coefficient (Wildman–Crippen LogP) is 2.64. The molecule has 1 unspecified atom stereocenters. The fourth-order valence-electron chi connectivity index (χ4n) is 1.89. The summed E-state index contributed by atoms with van der Waals surface area (Å²) in [6.07, 6.45) is 4.55. The summed E-state index contributed by atoms with van der Waals surface area (Å²) in [6, 6.07) is 8.95. The highest BCUT2D eigenvalue weighted by Crippen LogP contribution is 2.16. The summed E-state index contributed by atoms with van der Waals surface area (Å²) in [6.45, 7) is 3.25. The molecule has 1 rings (SSSR count). The van der Waals surface area contributed by atoms with Gasteiger partial charge in [0, 0.05) is 6.04 Å². The molecule has 0 fully saturated rings. The van der Waals surface area contributed by atoms with Gasteiger partial charge in [-0.1, -0.05) is 37.6 Å². The van der Waals surface area contributed by atoms with E-state index in [1.165, 1.54) is 17.5 Å². The van der Waals surface area contributed by atoms with Gasteiger partial charge in [-0.05, 0) is 44.0 Å². The van der Waals surface area contributed by atoms with Crippen LogP contribution in [0.15, 0.2) is 24.3 Å². The first-order chi connectivity index (χ1) is 7.77. The monoisotopic (exact) mass is 220 g/mol. The largest absolute Gasteiger partial charge is 0.324 e. The molecule has 2 heteroatoms. The van der Waals surface area contributed by atoms with Crippen molar-refractivity contribution in [2.45, 2.75) is 38.6 Å². The Labute approximate surface area is 99.2 Å². The average Bonchev–Trinajstić information content (AvgIpc) is 2.30. The fourth-order valence-corrected chi connectivity index (χ4v) is 1.89. The minimum Gasteiger partial charge on any atom is -0.324 e. The van der Waals surface area contributed by atoms with Crippen molar-refractivity contribution in [1.29, 1.82) is 0 Å². The van der Waals surface area contributed by atoms with Crippen LogP contribution in [-0.4, -0.2) is 13.6 Å². The Balaban J connectivity index is 2.46. The Kier molecular flexibility index (Phi) is 6.12. The van der Waals surface area contributed by atoms with Crippen LogP contribution >= 0.6 is 0 Å². The van der Waals surface area contributed by atoms with Crippen LogP contribution in [0.1, 0.15) is 43.4 Å². The lowest BCUT2D eigenvalue weighted by molar-refractivity contribution is 0.590. The number of nitrogens with two attached hydrogens (primary N) is 1. The Hall–Kier alpha value is -0.860. The molecule has 3 N–H and O–H groups in total. The van der Waals surface area contributed by atoms with Crippen molar-refractivity contribution in [3.63, 3.8) is 0 Å². The lowest BCUT2D eigenvalue weighted by Crippen LogP contribution is -2.14. The number of hydrogen-bond donors (Lipinski definition) is 2. The average molecular weight is 220 g/mol. The Morgan fingerprint density at radius 1 is 1.25 bits per heavy atom. The van der Waals surface area contributed by atoms with Crippen LogP contribution in [0.4, 0.5) is 0 Å². The minimum absolute atomic E-state index is 0.184. The summed E-state index contributed by atoms with van der Waals surface area (Å²) in [5, 5.41) is 3.14. The summed E-state index contributed by atoms with van der Waals surface area (Å²) in [7, 11) is 1.98. The van der Waals surface area contributed by atoms with Gasteiger partial charge in [0.05, 0.1) is 0 Å². The zero-order valence-electron chi connectivity index (χ0n) is 10.5. The molecule has 2 nitrogen and oxygen atoms in total. The topological polar surface area (TPSA) is 38.0 Å². The van der Waals surface area contributed by atoms with Crippen molar-refractivity contribution in [3.05, 3.63) is 35.4 Å². The van der Waals surface area contributed by atoms with E-state index < -0.39 is 0 Å². The van der Waals surface area contributed by atoms with E-state index in [-0.39, 0.29) is 6.04 Å². The van der Waals surface area contributed by atoms with Crippen molar-refractivity contribution >= 4 is 0 Å². The third-order valence-corrected chi connectivity index (χ3v) is 2.89. The van der Waals surface area contributed by atoms with Gasteiger partial charge in [0.25, 0.3) is 0 Å². The predicted molar refractivity (Wildman–Crippen MR) is 70.5 cm³/mol. The van der Waals surface area contributed by atoms with E-state index in [0.717, 1.165) is 25.8 Å². The van der Waals surface area contributed by atoms with Crippen LogP contribution < -0.4 is 11.1 Å². The molecule has 1 atom stereocenters. The van der Waals surface area contributed by atoms with Gasteiger partial charge < -0.3 is 11.1 Å². The SMILES string of the molecule is CCCc1ccc(C(N)CCCNC)cc1. The molecule has 0 heterocycles. The van der Waals surface area contributed by atoms with Gasteiger partial charge in [-0.15, -0.1) is 0 Å². The van der Waals surface area contributed by atoms with Gasteiger partial charge in [-0.25, -0.2) is 0 Å². The zero-order chi connectivity index (χ0) is 11.8. The van der Waals surface area contributed by atoms with Gasteiger partial charge in [0.1, 0.15) is 0 Å². The van der Waals surface area contributed by atoms with Gasteiger partial charge in [-0.2, -0.15) is 0 Å². The maximum Gasteiger partial charge on any atom is 0.0295 e. The molecule has 90 valence electrons. The third kappa shape index (κ3) is 4.33. The molecular weight excluding hydrogens is 196 g/mol. The van der Waals surface area contributed by atoms with Gasteiger partial charge in [0.15, 0.2) is 0 Å². The summed E-state index contributed by atoms with van der Waals surface area (Å²) >= 11 is 0. The number of hydrogen-bond acceptors (Lipinski definition) is 2. The first-order valence-electron chi connectivity index (χ1n) is 6.27. The molecule has 0 aliphatic carbocycles. The summed E-state index contributed by atoms with van der Waals surface area (Å²) < 4.78 is 0. The minimum atomic E-state index is 0.184. The molecule has 1 aromatic carbocycles. The molecule has 0 radical (unpaired) electrons. The summed E-state index contributed by atoms with van der Waals surface area (Å²) in [4.78, 5) is 0. The van der Waals surface area contributed by atoms with E-state index in [1.807, 2.05) is 7.05 Å². The molecule has 0 aliphatic rings.